The fourth-order valence-electron chi connectivity index (χ4n) is 1.72. The second-order valence-corrected chi connectivity index (χ2v) is 5.53. The maximum Gasteiger partial charge on any atom is 0.347 e. The van der Waals surface area contributed by atoms with Crippen LogP contribution in [0.2, 0.25) is 0 Å². The second-order valence-electron chi connectivity index (χ2n) is 4.45. The predicted molar refractivity (Wildman–Crippen MR) is 76.1 cm³/mol. The van der Waals surface area contributed by atoms with E-state index < -0.39 is 5.97 Å². The highest BCUT2D eigenvalue weighted by Crippen LogP contribution is 2.17. The second kappa shape index (κ2) is 6.35. The van der Waals surface area contributed by atoms with Gasteiger partial charge in [0.2, 0.25) is 0 Å². The van der Waals surface area contributed by atoms with Gasteiger partial charge in [0.1, 0.15) is 9.88 Å². The molecule has 2 aromatic heterocycles. The molecule has 3 N–H and O–H groups in total. The highest BCUT2D eigenvalue weighted by molar-refractivity contribution is 7.13. The molecule has 9 heteroatoms. The van der Waals surface area contributed by atoms with Gasteiger partial charge in [-0.2, -0.15) is 5.10 Å². The van der Waals surface area contributed by atoms with Gasteiger partial charge < -0.3 is 15.3 Å². The van der Waals surface area contributed by atoms with Gasteiger partial charge in [-0.25, -0.2) is 14.6 Å². The Morgan fingerprint density at radius 3 is 2.86 bits per heavy atom. The number of hydrogen-bond acceptors (Lipinski definition) is 5. The van der Waals surface area contributed by atoms with Crippen LogP contribution in [0.1, 0.15) is 25.9 Å². The van der Waals surface area contributed by atoms with Crippen LogP contribution in [-0.4, -0.2) is 44.2 Å². The molecule has 0 spiro atoms. The average molecular weight is 309 g/mol. The zero-order valence-electron chi connectivity index (χ0n) is 11.6. The molecule has 21 heavy (non-hydrogen) atoms. The SMILES string of the molecule is Cc1nc(CNC(=O)N(C)Cc2cn[nH]c2)sc1C(=O)O. The smallest absolute Gasteiger partial charge is 0.347 e. The van der Waals surface area contributed by atoms with Crippen LogP contribution in [0.15, 0.2) is 12.4 Å². The van der Waals surface area contributed by atoms with E-state index in [1.165, 1.54) is 4.90 Å². The molecule has 112 valence electrons. The Bertz CT molecular complexity index is 637. The molecule has 0 saturated carbocycles. The molecule has 0 radical (unpaired) electrons. The van der Waals surface area contributed by atoms with Gasteiger partial charge in [-0.15, -0.1) is 11.3 Å². The molecule has 2 amide bonds. The molecule has 0 atom stereocenters. The van der Waals surface area contributed by atoms with Crippen LogP contribution in [0.5, 0.6) is 0 Å². The van der Waals surface area contributed by atoms with Gasteiger partial charge in [-0.05, 0) is 6.92 Å². The van der Waals surface area contributed by atoms with E-state index in [0.29, 0.717) is 17.2 Å². The van der Waals surface area contributed by atoms with Crippen LogP contribution >= 0.6 is 11.3 Å². The summed E-state index contributed by atoms with van der Waals surface area (Å²) in [5.74, 6) is -1.00. The molecule has 0 fully saturated rings. The maximum absolute atomic E-state index is 11.9. The fraction of sp³-hybridized carbons (Fsp3) is 0.333. The third-order valence-electron chi connectivity index (χ3n) is 2.75. The van der Waals surface area contributed by atoms with E-state index in [1.54, 1.807) is 26.4 Å². The van der Waals surface area contributed by atoms with Crippen LogP contribution in [0.4, 0.5) is 4.79 Å². The summed E-state index contributed by atoms with van der Waals surface area (Å²) in [5, 5.41) is 18.7. The number of carbonyl (C=O) groups is 2. The molecule has 0 aliphatic heterocycles. The lowest BCUT2D eigenvalue weighted by Gasteiger charge is -2.16. The number of aromatic nitrogens is 3. The largest absolute Gasteiger partial charge is 0.477 e. The minimum Gasteiger partial charge on any atom is -0.477 e. The van der Waals surface area contributed by atoms with Crippen molar-refractivity contribution >= 4 is 23.3 Å². The zero-order valence-corrected chi connectivity index (χ0v) is 12.4. The minimum absolute atomic E-state index is 0.200. The highest BCUT2D eigenvalue weighted by atomic mass is 32.1. The summed E-state index contributed by atoms with van der Waals surface area (Å²) in [4.78, 5) is 28.7. The number of amides is 2. The van der Waals surface area contributed by atoms with Crippen LogP contribution in [-0.2, 0) is 13.1 Å². The van der Waals surface area contributed by atoms with E-state index >= 15 is 0 Å². The Balaban J connectivity index is 1.88. The van der Waals surface area contributed by atoms with Gasteiger partial charge >= 0.3 is 12.0 Å². The molecule has 2 aromatic rings. The van der Waals surface area contributed by atoms with Crippen molar-refractivity contribution < 1.29 is 14.7 Å². The molecule has 2 rings (SSSR count). The van der Waals surface area contributed by atoms with E-state index in [4.69, 9.17) is 5.11 Å². The number of hydrogen-bond donors (Lipinski definition) is 3. The average Bonchev–Trinajstić information content (AvgIpc) is 3.05. The quantitative estimate of drug-likeness (QED) is 0.769. The molecule has 0 unspecified atom stereocenters. The van der Waals surface area contributed by atoms with Gasteiger partial charge in [0.25, 0.3) is 0 Å². The number of aryl methyl sites for hydroxylation is 1. The summed E-state index contributed by atoms with van der Waals surface area (Å²) in [6.45, 7) is 2.27. The Morgan fingerprint density at radius 1 is 1.52 bits per heavy atom. The molecule has 0 saturated heterocycles. The number of nitrogens with zero attached hydrogens (tertiary/aromatic N) is 3. The van der Waals surface area contributed by atoms with Crippen molar-refractivity contribution in [3.8, 4) is 0 Å². The number of urea groups is 1. The van der Waals surface area contributed by atoms with Gasteiger partial charge in [0.05, 0.1) is 25.0 Å². The van der Waals surface area contributed by atoms with Gasteiger partial charge in [0.15, 0.2) is 0 Å². The number of rotatable bonds is 5. The van der Waals surface area contributed by atoms with Crippen molar-refractivity contribution in [2.45, 2.75) is 20.0 Å². The van der Waals surface area contributed by atoms with Crippen LogP contribution in [0.3, 0.4) is 0 Å². The molecule has 2 heterocycles. The molecule has 0 bridgehead atoms. The van der Waals surface area contributed by atoms with Crippen molar-refractivity contribution in [2.24, 2.45) is 0 Å². The summed E-state index contributed by atoms with van der Waals surface area (Å²) in [7, 11) is 1.66. The third-order valence-corrected chi connectivity index (χ3v) is 3.89. The summed E-state index contributed by atoms with van der Waals surface area (Å²) in [5.41, 5.74) is 1.36. The van der Waals surface area contributed by atoms with Crippen LogP contribution in [0, 0.1) is 6.92 Å². The number of carboxylic acid groups (broad SMARTS) is 1. The Kier molecular flexibility index (Phi) is 4.53. The first-order valence-electron chi connectivity index (χ1n) is 6.13. The van der Waals surface area contributed by atoms with E-state index in [1.807, 2.05) is 0 Å². The maximum atomic E-state index is 11.9. The van der Waals surface area contributed by atoms with Crippen molar-refractivity contribution in [2.75, 3.05) is 7.05 Å². The third kappa shape index (κ3) is 3.78. The number of carbonyl (C=O) groups excluding carboxylic acids is 1. The van der Waals surface area contributed by atoms with Gasteiger partial charge in [-0.1, -0.05) is 0 Å². The van der Waals surface area contributed by atoms with E-state index in [2.05, 4.69) is 20.5 Å². The van der Waals surface area contributed by atoms with E-state index in [-0.39, 0.29) is 17.5 Å². The summed E-state index contributed by atoms with van der Waals surface area (Å²) >= 11 is 1.07. The Hall–Kier alpha value is -2.42. The van der Waals surface area contributed by atoms with E-state index in [0.717, 1.165) is 16.9 Å². The Morgan fingerprint density at radius 2 is 2.29 bits per heavy atom. The predicted octanol–water partition coefficient (Wildman–Crippen LogP) is 1.21. The fourth-order valence-corrected chi connectivity index (χ4v) is 2.57. The van der Waals surface area contributed by atoms with Crippen molar-refractivity contribution in [1.29, 1.82) is 0 Å². The first kappa shape index (κ1) is 15.0. The first-order chi connectivity index (χ1) is 9.97. The Labute approximate surface area is 124 Å². The van der Waals surface area contributed by atoms with Crippen LogP contribution in [0.25, 0.3) is 0 Å². The number of aromatic carboxylic acids is 1. The summed E-state index contributed by atoms with van der Waals surface area (Å²) < 4.78 is 0. The number of nitrogens with one attached hydrogen (secondary N) is 2. The number of thiazole rings is 1. The van der Waals surface area contributed by atoms with Crippen LogP contribution < -0.4 is 5.32 Å². The van der Waals surface area contributed by atoms with Gasteiger partial charge in [-0.3, -0.25) is 5.10 Å². The zero-order chi connectivity index (χ0) is 15.4. The van der Waals surface area contributed by atoms with Crippen molar-refractivity contribution in [1.82, 2.24) is 25.4 Å². The lowest BCUT2D eigenvalue weighted by atomic mass is 10.3. The molecule has 8 nitrogen and oxygen atoms in total. The first-order valence-corrected chi connectivity index (χ1v) is 6.95. The molecule has 0 aliphatic carbocycles. The topological polar surface area (TPSA) is 111 Å². The van der Waals surface area contributed by atoms with Crippen molar-refractivity contribution in [3.63, 3.8) is 0 Å². The minimum atomic E-state index is -1.00. The lowest BCUT2D eigenvalue weighted by Crippen LogP contribution is -2.36. The standard InChI is InChI=1S/C12H15N5O3S/c1-7-10(11(18)19)21-9(16-7)5-13-12(20)17(2)6-8-3-14-15-4-8/h3-4H,5-6H2,1-2H3,(H,13,20)(H,14,15)(H,18,19). The number of aromatic amines is 1. The van der Waals surface area contributed by atoms with Gasteiger partial charge in [0, 0.05) is 18.8 Å². The summed E-state index contributed by atoms with van der Waals surface area (Å²) in [6, 6.07) is -0.263. The number of H-pyrrole nitrogens is 1. The number of carboxylic acids is 1. The normalized spacial score (nSPS) is 10.4. The van der Waals surface area contributed by atoms with E-state index in [9.17, 15) is 9.59 Å². The molecular formula is C12H15N5O3S. The summed E-state index contributed by atoms with van der Waals surface area (Å²) in [6.07, 6.45) is 3.36. The lowest BCUT2D eigenvalue weighted by molar-refractivity contribution is 0.0701. The monoisotopic (exact) mass is 309 g/mol. The van der Waals surface area contributed by atoms with Crippen molar-refractivity contribution in [3.05, 3.63) is 33.5 Å². The molecule has 0 aliphatic rings. The molecule has 0 aromatic carbocycles. The highest BCUT2D eigenvalue weighted by Gasteiger charge is 2.15. The molecular weight excluding hydrogens is 294 g/mol.